The summed E-state index contributed by atoms with van der Waals surface area (Å²) in [4.78, 5) is 2.47. The number of nitrogens with zero attached hydrogens (tertiary/aromatic N) is 1. The van der Waals surface area contributed by atoms with Crippen molar-refractivity contribution in [2.24, 2.45) is 0 Å². The predicted molar refractivity (Wildman–Crippen MR) is 110 cm³/mol. The fraction of sp³-hybridized carbons (Fsp3) is 0.429. The van der Waals surface area contributed by atoms with Gasteiger partial charge < -0.3 is 14.8 Å². The van der Waals surface area contributed by atoms with Crippen molar-refractivity contribution in [3.8, 4) is 5.75 Å². The Hall–Kier alpha value is -1.59. The molecule has 0 bridgehead atoms. The highest BCUT2D eigenvalue weighted by molar-refractivity contribution is 5.87. The van der Waals surface area contributed by atoms with Gasteiger partial charge in [-0.15, -0.1) is 12.4 Å². The highest BCUT2D eigenvalue weighted by atomic mass is 35.5. The number of halogens is 1. The Balaban J connectivity index is 0.00000243. The summed E-state index contributed by atoms with van der Waals surface area (Å²) in [5.41, 5.74) is 1.23. The standard InChI is InChI=1S/C21H28N2O2.ClH/c1-2-14-25-21-9-8-18-6-3-4-7-19(18)20(21)17-22-10-5-11-23-12-15-24-16-13-23;/h2-4,6-9,22H,1,5,10-17H2;1H. The summed E-state index contributed by atoms with van der Waals surface area (Å²) in [6.07, 6.45) is 2.93. The van der Waals surface area contributed by atoms with Crippen molar-refractivity contribution >= 4 is 23.2 Å². The van der Waals surface area contributed by atoms with Gasteiger partial charge in [0.1, 0.15) is 12.4 Å². The summed E-state index contributed by atoms with van der Waals surface area (Å²) in [7, 11) is 0. The van der Waals surface area contributed by atoms with E-state index in [1.165, 1.54) is 16.3 Å². The summed E-state index contributed by atoms with van der Waals surface area (Å²) >= 11 is 0. The zero-order chi connectivity index (χ0) is 17.3. The maximum absolute atomic E-state index is 5.87. The van der Waals surface area contributed by atoms with Gasteiger partial charge in [-0.2, -0.15) is 0 Å². The molecule has 1 aliphatic rings. The van der Waals surface area contributed by atoms with Crippen LogP contribution in [0.4, 0.5) is 0 Å². The fourth-order valence-corrected chi connectivity index (χ4v) is 3.25. The third-order valence-electron chi connectivity index (χ3n) is 4.59. The largest absolute Gasteiger partial charge is 0.489 e. The monoisotopic (exact) mass is 376 g/mol. The molecular weight excluding hydrogens is 348 g/mol. The molecule has 2 aromatic carbocycles. The second kappa shape index (κ2) is 11.2. The summed E-state index contributed by atoms with van der Waals surface area (Å²) in [6, 6.07) is 12.7. The minimum Gasteiger partial charge on any atom is -0.489 e. The predicted octanol–water partition coefficient (Wildman–Crippen LogP) is 3.64. The van der Waals surface area contributed by atoms with Crippen molar-refractivity contribution in [3.63, 3.8) is 0 Å². The molecule has 0 saturated carbocycles. The van der Waals surface area contributed by atoms with Crippen molar-refractivity contribution in [2.45, 2.75) is 13.0 Å². The first-order valence-electron chi connectivity index (χ1n) is 9.13. The van der Waals surface area contributed by atoms with Gasteiger partial charge in [0.05, 0.1) is 13.2 Å². The lowest BCUT2D eigenvalue weighted by atomic mass is 10.0. The minimum absolute atomic E-state index is 0. The van der Waals surface area contributed by atoms with Gasteiger partial charge in [-0.25, -0.2) is 0 Å². The van der Waals surface area contributed by atoms with Crippen molar-refractivity contribution < 1.29 is 9.47 Å². The van der Waals surface area contributed by atoms with Crippen LogP contribution in [0, 0.1) is 0 Å². The molecule has 0 aromatic heterocycles. The van der Waals surface area contributed by atoms with Crippen LogP contribution in [0.5, 0.6) is 5.75 Å². The number of rotatable bonds is 9. The topological polar surface area (TPSA) is 33.7 Å². The second-order valence-electron chi connectivity index (χ2n) is 6.35. The summed E-state index contributed by atoms with van der Waals surface area (Å²) in [6.45, 7) is 11.1. The average molecular weight is 377 g/mol. The number of ether oxygens (including phenoxy) is 2. The van der Waals surface area contributed by atoms with Crippen LogP contribution in [0.15, 0.2) is 49.1 Å². The molecule has 0 aliphatic carbocycles. The van der Waals surface area contributed by atoms with E-state index in [0.29, 0.717) is 6.61 Å². The average Bonchev–Trinajstić information content (AvgIpc) is 2.67. The van der Waals surface area contributed by atoms with E-state index in [0.717, 1.165) is 58.1 Å². The summed E-state index contributed by atoms with van der Waals surface area (Å²) in [5.74, 6) is 0.944. The molecule has 0 amide bonds. The minimum atomic E-state index is 0. The van der Waals surface area contributed by atoms with Crippen LogP contribution >= 0.6 is 12.4 Å². The molecule has 4 nitrogen and oxygen atoms in total. The molecular formula is C21H29ClN2O2. The second-order valence-corrected chi connectivity index (χ2v) is 6.35. The summed E-state index contributed by atoms with van der Waals surface area (Å²) in [5, 5.41) is 6.09. The van der Waals surface area contributed by atoms with E-state index in [1.807, 2.05) is 0 Å². The summed E-state index contributed by atoms with van der Waals surface area (Å²) < 4.78 is 11.3. The number of hydrogen-bond donors (Lipinski definition) is 1. The number of fused-ring (bicyclic) bond motifs is 1. The van der Waals surface area contributed by atoms with Crippen molar-refractivity contribution in [3.05, 3.63) is 54.6 Å². The lowest BCUT2D eigenvalue weighted by Crippen LogP contribution is -2.37. The molecule has 142 valence electrons. The van der Waals surface area contributed by atoms with Crippen LogP contribution in [-0.2, 0) is 11.3 Å². The maximum atomic E-state index is 5.87. The Morgan fingerprint density at radius 3 is 2.77 bits per heavy atom. The van der Waals surface area contributed by atoms with Gasteiger partial charge in [0.25, 0.3) is 0 Å². The normalized spacial score (nSPS) is 14.8. The van der Waals surface area contributed by atoms with Crippen LogP contribution in [0.3, 0.4) is 0 Å². The van der Waals surface area contributed by atoms with E-state index in [2.05, 4.69) is 53.2 Å². The lowest BCUT2D eigenvalue weighted by molar-refractivity contribution is 0.0374. The zero-order valence-corrected chi connectivity index (χ0v) is 16.1. The molecule has 1 fully saturated rings. The van der Waals surface area contributed by atoms with Gasteiger partial charge in [0.15, 0.2) is 0 Å². The molecule has 1 saturated heterocycles. The Morgan fingerprint density at radius 2 is 1.96 bits per heavy atom. The zero-order valence-electron chi connectivity index (χ0n) is 15.3. The molecule has 0 unspecified atom stereocenters. The maximum Gasteiger partial charge on any atom is 0.124 e. The first-order chi connectivity index (χ1) is 12.4. The molecule has 1 N–H and O–H groups in total. The van der Waals surface area contributed by atoms with Gasteiger partial charge in [0.2, 0.25) is 0 Å². The molecule has 1 heterocycles. The smallest absolute Gasteiger partial charge is 0.124 e. The number of benzene rings is 2. The molecule has 0 spiro atoms. The highest BCUT2D eigenvalue weighted by Gasteiger charge is 2.10. The van der Waals surface area contributed by atoms with Crippen LogP contribution in [0.2, 0.25) is 0 Å². The van der Waals surface area contributed by atoms with Crippen LogP contribution in [-0.4, -0.2) is 50.9 Å². The van der Waals surface area contributed by atoms with Crippen LogP contribution < -0.4 is 10.1 Å². The van der Waals surface area contributed by atoms with Gasteiger partial charge >= 0.3 is 0 Å². The fourth-order valence-electron chi connectivity index (χ4n) is 3.25. The molecule has 0 atom stereocenters. The molecule has 26 heavy (non-hydrogen) atoms. The third-order valence-corrected chi connectivity index (χ3v) is 4.59. The lowest BCUT2D eigenvalue weighted by Gasteiger charge is -2.26. The first-order valence-corrected chi connectivity index (χ1v) is 9.13. The highest BCUT2D eigenvalue weighted by Crippen LogP contribution is 2.28. The SMILES string of the molecule is C=CCOc1ccc2ccccc2c1CNCCCN1CCOCC1.Cl. The third kappa shape index (κ3) is 5.71. The number of nitrogens with one attached hydrogen (secondary N) is 1. The molecule has 5 heteroatoms. The molecule has 1 aliphatic heterocycles. The Bertz CT molecular complexity index is 687. The quantitative estimate of drug-likeness (QED) is 0.535. The van der Waals surface area contributed by atoms with E-state index in [1.54, 1.807) is 6.08 Å². The van der Waals surface area contributed by atoms with E-state index in [4.69, 9.17) is 9.47 Å². The van der Waals surface area contributed by atoms with E-state index in [-0.39, 0.29) is 12.4 Å². The number of morpholine rings is 1. The Labute approximate surface area is 162 Å². The molecule has 2 aromatic rings. The molecule has 0 radical (unpaired) electrons. The van der Waals surface area contributed by atoms with Gasteiger partial charge in [-0.1, -0.05) is 43.0 Å². The van der Waals surface area contributed by atoms with Gasteiger partial charge in [-0.05, 0) is 36.3 Å². The van der Waals surface area contributed by atoms with Crippen LogP contribution in [0.25, 0.3) is 10.8 Å². The van der Waals surface area contributed by atoms with E-state index >= 15 is 0 Å². The molecule has 3 rings (SSSR count). The van der Waals surface area contributed by atoms with E-state index < -0.39 is 0 Å². The van der Waals surface area contributed by atoms with E-state index in [9.17, 15) is 0 Å². The van der Waals surface area contributed by atoms with Crippen LogP contribution in [0.1, 0.15) is 12.0 Å². The van der Waals surface area contributed by atoms with Crippen molar-refractivity contribution in [1.82, 2.24) is 10.2 Å². The van der Waals surface area contributed by atoms with Crippen molar-refractivity contribution in [1.29, 1.82) is 0 Å². The first kappa shape index (κ1) is 20.7. The number of hydrogen-bond acceptors (Lipinski definition) is 4. The van der Waals surface area contributed by atoms with Gasteiger partial charge in [0, 0.05) is 25.2 Å². The Kier molecular flexibility index (Phi) is 8.92. The van der Waals surface area contributed by atoms with Crippen molar-refractivity contribution in [2.75, 3.05) is 46.0 Å². The Morgan fingerprint density at radius 1 is 1.15 bits per heavy atom. The van der Waals surface area contributed by atoms with Gasteiger partial charge in [-0.3, -0.25) is 4.90 Å².